The van der Waals surface area contributed by atoms with E-state index in [1.54, 1.807) is 0 Å². The summed E-state index contributed by atoms with van der Waals surface area (Å²) < 4.78 is 2.06. The van der Waals surface area contributed by atoms with Gasteiger partial charge < -0.3 is 9.67 Å². The lowest BCUT2D eigenvalue weighted by molar-refractivity contribution is -0.0689. The van der Waals surface area contributed by atoms with Crippen LogP contribution in [0, 0.1) is 0 Å². The van der Waals surface area contributed by atoms with Crippen LogP contribution < -0.4 is 0 Å². The zero-order chi connectivity index (χ0) is 17.3. The van der Waals surface area contributed by atoms with Crippen LogP contribution in [0.25, 0.3) is 0 Å². The fraction of sp³-hybridized carbons (Fsp3) is 0.550. The minimum Gasteiger partial charge on any atom is -0.390 e. The number of aliphatic hydroxyl groups excluding tert-OH is 1. The number of hydrogen-bond donors (Lipinski definition) is 1. The van der Waals surface area contributed by atoms with E-state index >= 15 is 0 Å². The van der Waals surface area contributed by atoms with Gasteiger partial charge in [0.1, 0.15) is 5.82 Å². The van der Waals surface area contributed by atoms with E-state index in [2.05, 4.69) is 49.7 Å². The second-order valence-electron chi connectivity index (χ2n) is 7.57. The Balaban J connectivity index is 1.44. The molecule has 2 atom stereocenters. The Morgan fingerprint density at radius 2 is 2.00 bits per heavy atom. The van der Waals surface area contributed by atoms with E-state index in [9.17, 15) is 5.11 Å². The first-order valence-electron chi connectivity index (χ1n) is 9.33. The van der Waals surface area contributed by atoms with Gasteiger partial charge in [-0.25, -0.2) is 4.98 Å². The summed E-state index contributed by atoms with van der Waals surface area (Å²) >= 11 is 0. The minimum absolute atomic E-state index is 0.0476. The average molecular weight is 340 g/mol. The van der Waals surface area contributed by atoms with Crippen LogP contribution in [0.15, 0.2) is 42.7 Å². The van der Waals surface area contributed by atoms with Gasteiger partial charge >= 0.3 is 0 Å². The van der Waals surface area contributed by atoms with Crippen molar-refractivity contribution >= 4 is 0 Å². The zero-order valence-corrected chi connectivity index (χ0v) is 15.0. The molecule has 0 unspecified atom stereocenters. The lowest BCUT2D eigenvalue weighted by Gasteiger charge is -2.48. The first kappa shape index (κ1) is 16.8. The van der Waals surface area contributed by atoms with Gasteiger partial charge in [-0.2, -0.15) is 0 Å². The molecule has 2 aliphatic rings. The summed E-state index contributed by atoms with van der Waals surface area (Å²) in [7, 11) is 2.03. The molecule has 25 heavy (non-hydrogen) atoms. The van der Waals surface area contributed by atoms with Crippen molar-refractivity contribution in [1.82, 2.24) is 19.4 Å². The molecule has 0 aliphatic carbocycles. The van der Waals surface area contributed by atoms with Gasteiger partial charge in [0, 0.05) is 44.6 Å². The number of β-amino-alcohol motifs (C(OH)–C–C–N with tert-alkyl or cyclic N) is 1. The molecular formula is C20H28N4O. The summed E-state index contributed by atoms with van der Waals surface area (Å²) in [6.45, 7) is 4.60. The van der Waals surface area contributed by atoms with Crippen LogP contribution >= 0.6 is 0 Å². The van der Waals surface area contributed by atoms with Gasteiger partial charge in [0.2, 0.25) is 0 Å². The SMILES string of the molecule is Cn1ccnc1CN1CC[C@@]2(CCCN2Cc2ccccc2)[C@@H](O)C1. The molecule has 3 heterocycles. The molecule has 1 aromatic carbocycles. The Kier molecular flexibility index (Phi) is 4.63. The van der Waals surface area contributed by atoms with Crippen molar-refractivity contribution in [3.05, 3.63) is 54.1 Å². The van der Waals surface area contributed by atoms with Crippen molar-refractivity contribution in [2.24, 2.45) is 7.05 Å². The van der Waals surface area contributed by atoms with Gasteiger partial charge in [0.25, 0.3) is 0 Å². The smallest absolute Gasteiger partial charge is 0.122 e. The molecule has 2 saturated heterocycles. The third kappa shape index (κ3) is 3.24. The van der Waals surface area contributed by atoms with Crippen molar-refractivity contribution in [3.8, 4) is 0 Å². The maximum Gasteiger partial charge on any atom is 0.122 e. The molecule has 2 aromatic rings. The van der Waals surface area contributed by atoms with Crippen LogP contribution in [-0.2, 0) is 20.1 Å². The van der Waals surface area contributed by atoms with E-state index in [4.69, 9.17) is 0 Å². The number of benzene rings is 1. The van der Waals surface area contributed by atoms with E-state index in [0.29, 0.717) is 0 Å². The van der Waals surface area contributed by atoms with Crippen LogP contribution in [0.5, 0.6) is 0 Å². The number of aryl methyl sites for hydroxylation is 1. The standard InChI is InChI=1S/C20H28N4O/c1-22-13-10-21-19(22)16-23-12-9-20(18(25)15-23)8-5-11-24(20)14-17-6-3-2-4-7-17/h2-4,6-7,10,13,18,25H,5,8-9,11-12,14-16H2,1H3/t18-,20-/m0/s1. The minimum atomic E-state index is -0.298. The van der Waals surface area contributed by atoms with E-state index in [0.717, 1.165) is 51.4 Å². The first-order chi connectivity index (χ1) is 12.2. The summed E-state index contributed by atoms with van der Waals surface area (Å²) in [5.74, 6) is 1.07. The highest BCUT2D eigenvalue weighted by Crippen LogP contribution is 2.39. The third-order valence-corrected chi connectivity index (χ3v) is 6.08. The third-order valence-electron chi connectivity index (χ3n) is 6.08. The highest BCUT2D eigenvalue weighted by molar-refractivity contribution is 5.16. The van der Waals surface area contributed by atoms with Crippen LogP contribution in [0.4, 0.5) is 0 Å². The van der Waals surface area contributed by atoms with E-state index in [1.165, 1.54) is 12.0 Å². The number of aliphatic hydroxyl groups is 1. The fourth-order valence-electron chi connectivity index (χ4n) is 4.57. The lowest BCUT2D eigenvalue weighted by atomic mass is 9.82. The van der Waals surface area contributed by atoms with Crippen LogP contribution in [-0.4, -0.2) is 55.7 Å². The van der Waals surface area contributed by atoms with Crippen molar-refractivity contribution in [2.45, 2.75) is 44.0 Å². The maximum absolute atomic E-state index is 11.1. The zero-order valence-electron chi connectivity index (χ0n) is 15.0. The van der Waals surface area contributed by atoms with Crippen molar-refractivity contribution < 1.29 is 5.11 Å². The molecule has 0 radical (unpaired) electrons. The van der Waals surface area contributed by atoms with Gasteiger partial charge in [0.15, 0.2) is 0 Å². The number of likely N-dealkylation sites (tertiary alicyclic amines) is 2. The van der Waals surface area contributed by atoms with Gasteiger partial charge in [-0.05, 0) is 31.4 Å². The monoisotopic (exact) mass is 340 g/mol. The number of piperidine rings is 1. The topological polar surface area (TPSA) is 44.5 Å². The maximum atomic E-state index is 11.1. The Hall–Kier alpha value is -1.69. The molecule has 1 aromatic heterocycles. The second-order valence-corrected chi connectivity index (χ2v) is 7.57. The molecule has 1 spiro atoms. The number of rotatable bonds is 4. The summed E-state index contributed by atoms with van der Waals surface area (Å²) in [6, 6.07) is 10.6. The molecule has 1 N–H and O–H groups in total. The molecule has 5 nitrogen and oxygen atoms in total. The molecule has 0 amide bonds. The average Bonchev–Trinajstić information content (AvgIpc) is 3.20. The lowest BCUT2D eigenvalue weighted by Crippen LogP contribution is -2.61. The summed E-state index contributed by atoms with van der Waals surface area (Å²) in [6.07, 6.45) is 6.85. The Labute approximate surface area is 149 Å². The van der Waals surface area contributed by atoms with Crippen LogP contribution in [0.3, 0.4) is 0 Å². The van der Waals surface area contributed by atoms with Crippen molar-refractivity contribution in [3.63, 3.8) is 0 Å². The predicted molar refractivity (Wildman–Crippen MR) is 97.9 cm³/mol. The number of aromatic nitrogens is 2. The molecular weight excluding hydrogens is 312 g/mol. The second kappa shape index (κ2) is 6.90. The Morgan fingerprint density at radius 1 is 1.16 bits per heavy atom. The van der Waals surface area contributed by atoms with Gasteiger partial charge in [-0.3, -0.25) is 9.80 Å². The molecule has 2 fully saturated rings. The highest BCUT2D eigenvalue weighted by atomic mass is 16.3. The fourth-order valence-corrected chi connectivity index (χ4v) is 4.57. The normalized spacial score (nSPS) is 28.0. The van der Waals surface area contributed by atoms with Crippen molar-refractivity contribution in [1.29, 1.82) is 0 Å². The summed E-state index contributed by atoms with van der Waals surface area (Å²) in [4.78, 5) is 9.30. The Morgan fingerprint density at radius 3 is 2.72 bits per heavy atom. The van der Waals surface area contributed by atoms with E-state index in [1.807, 2.05) is 19.4 Å². The molecule has 4 rings (SSSR count). The Bertz CT molecular complexity index is 701. The molecule has 2 aliphatic heterocycles. The summed E-state index contributed by atoms with van der Waals surface area (Å²) in [5.41, 5.74) is 1.29. The van der Waals surface area contributed by atoms with Crippen LogP contribution in [0.2, 0.25) is 0 Å². The molecule has 0 saturated carbocycles. The molecule has 5 heteroatoms. The molecule has 134 valence electrons. The van der Waals surface area contributed by atoms with Gasteiger partial charge in [0.05, 0.1) is 12.6 Å². The number of imidazole rings is 1. The van der Waals surface area contributed by atoms with Gasteiger partial charge in [-0.15, -0.1) is 0 Å². The summed E-state index contributed by atoms with van der Waals surface area (Å²) in [5, 5.41) is 11.1. The molecule has 0 bridgehead atoms. The van der Waals surface area contributed by atoms with E-state index < -0.39 is 0 Å². The van der Waals surface area contributed by atoms with Gasteiger partial charge in [-0.1, -0.05) is 30.3 Å². The number of nitrogens with zero attached hydrogens (tertiary/aromatic N) is 4. The predicted octanol–water partition coefficient (Wildman–Crippen LogP) is 2.02. The first-order valence-corrected chi connectivity index (χ1v) is 9.33. The number of hydrogen-bond acceptors (Lipinski definition) is 4. The van der Waals surface area contributed by atoms with E-state index in [-0.39, 0.29) is 11.6 Å². The van der Waals surface area contributed by atoms with Crippen LogP contribution in [0.1, 0.15) is 30.7 Å². The quantitative estimate of drug-likeness (QED) is 0.925. The highest BCUT2D eigenvalue weighted by Gasteiger charge is 2.49. The largest absolute Gasteiger partial charge is 0.390 e. The van der Waals surface area contributed by atoms with Crippen molar-refractivity contribution in [2.75, 3.05) is 19.6 Å².